The zero-order valence-electron chi connectivity index (χ0n) is 17.1. The molecule has 6 nitrogen and oxygen atoms in total. The van der Waals surface area contributed by atoms with Gasteiger partial charge in [-0.05, 0) is 73.1 Å². The first-order valence-electron chi connectivity index (χ1n) is 11.0. The highest BCUT2D eigenvalue weighted by atomic mass is 16.4. The predicted molar refractivity (Wildman–Crippen MR) is 110 cm³/mol. The molecule has 0 spiro atoms. The summed E-state index contributed by atoms with van der Waals surface area (Å²) in [4.78, 5) is 27.3. The molecule has 2 N–H and O–H groups in total. The Morgan fingerprint density at radius 2 is 1.86 bits per heavy atom. The van der Waals surface area contributed by atoms with Crippen LogP contribution < -0.4 is 4.90 Å². The van der Waals surface area contributed by atoms with Gasteiger partial charge in [-0.1, -0.05) is 6.92 Å². The maximum absolute atomic E-state index is 12.5. The van der Waals surface area contributed by atoms with Gasteiger partial charge in [0.15, 0.2) is 0 Å². The summed E-state index contributed by atoms with van der Waals surface area (Å²) in [5, 5.41) is 19.9. The molecule has 4 aliphatic rings. The molecule has 29 heavy (non-hydrogen) atoms. The van der Waals surface area contributed by atoms with Gasteiger partial charge < -0.3 is 20.0 Å². The highest BCUT2D eigenvalue weighted by Crippen LogP contribution is 2.60. The summed E-state index contributed by atoms with van der Waals surface area (Å²) in [6, 6.07) is 4.12. The number of carboxylic acid groups (broad SMARTS) is 1. The largest absolute Gasteiger partial charge is 0.506 e. The smallest absolute Gasteiger partial charge is 0.407 e. The number of anilines is 1. The van der Waals surface area contributed by atoms with E-state index in [4.69, 9.17) is 0 Å². The number of nitrogens with zero attached hydrogens (tertiary/aromatic N) is 2. The van der Waals surface area contributed by atoms with Crippen LogP contribution >= 0.6 is 0 Å². The zero-order valence-corrected chi connectivity index (χ0v) is 17.1. The van der Waals surface area contributed by atoms with Crippen molar-refractivity contribution < 1.29 is 19.8 Å². The molecule has 0 unspecified atom stereocenters. The molecule has 6 heteroatoms. The number of hydrogen-bond donors (Lipinski definition) is 2. The van der Waals surface area contributed by atoms with Gasteiger partial charge in [-0.15, -0.1) is 0 Å². The fourth-order valence-corrected chi connectivity index (χ4v) is 6.76. The molecule has 3 fully saturated rings. The normalized spacial score (nSPS) is 33.8. The van der Waals surface area contributed by atoms with E-state index in [-0.39, 0.29) is 5.41 Å². The van der Waals surface area contributed by atoms with E-state index < -0.39 is 6.09 Å². The van der Waals surface area contributed by atoms with E-state index in [0.29, 0.717) is 55.5 Å². The number of piperazine rings is 1. The molecular formula is C23H30N2O4. The Bertz CT molecular complexity index is 861. The minimum atomic E-state index is -0.876. The highest BCUT2D eigenvalue weighted by molar-refractivity contribution is 5.87. The van der Waals surface area contributed by atoms with Crippen LogP contribution in [0, 0.1) is 17.3 Å². The number of aryl methyl sites for hydroxylation is 1. The summed E-state index contributed by atoms with van der Waals surface area (Å²) >= 11 is 0. The Kier molecular flexibility index (Phi) is 4.30. The number of phenols is 1. The van der Waals surface area contributed by atoms with Crippen molar-refractivity contribution >= 4 is 17.6 Å². The number of amides is 1. The Morgan fingerprint density at radius 1 is 1.10 bits per heavy atom. The van der Waals surface area contributed by atoms with Crippen molar-refractivity contribution in [1.29, 1.82) is 0 Å². The third-order valence-corrected chi connectivity index (χ3v) is 8.42. The maximum Gasteiger partial charge on any atom is 0.407 e. The average molecular weight is 399 g/mol. The molecule has 2 saturated carbocycles. The van der Waals surface area contributed by atoms with Crippen LogP contribution in [-0.2, 0) is 11.2 Å². The van der Waals surface area contributed by atoms with Crippen LogP contribution in [0.15, 0.2) is 12.1 Å². The minimum absolute atomic E-state index is 0.119. The lowest BCUT2D eigenvalue weighted by Gasteiger charge is -2.48. The van der Waals surface area contributed by atoms with Crippen molar-refractivity contribution in [2.24, 2.45) is 17.3 Å². The van der Waals surface area contributed by atoms with Gasteiger partial charge in [0.25, 0.3) is 0 Å². The number of aromatic hydroxyl groups is 1. The lowest BCUT2D eigenvalue weighted by molar-refractivity contribution is -0.129. The van der Waals surface area contributed by atoms with Crippen molar-refractivity contribution in [2.75, 3.05) is 31.1 Å². The van der Waals surface area contributed by atoms with E-state index in [1.807, 2.05) is 6.07 Å². The number of rotatable bonds is 1. The van der Waals surface area contributed by atoms with Crippen molar-refractivity contribution in [1.82, 2.24) is 4.90 Å². The van der Waals surface area contributed by atoms with E-state index in [0.717, 1.165) is 44.2 Å². The lowest BCUT2D eigenvalue weighted by Crippen LogP contribution is -2.48. The summed E-state index contributed by atoms with van der Waals surface area (Å²) < 4.78 is 0. The second kappa shape index (κ2) is 6.64. The SMILES string of the molecule is C[C@]12CC[C@@H]3c4cc(N5CCN(C(=O)O)CC5)c(O)cc4CC[C@H]3[C@@H]1CCC2=O. The molecule has 1 amide bonds. The molecule has 1 aromatic carbocycles. The fraction of sp³-hybridized carbons (Fsp3) is 0.652. The Balaban J connectivity index is 1.43. The van der Waals surface area contributed by atoms with Gasteiger partial charge in [0.2, 0.25) is 0 Å². The highest BCUT2D eigenvalue weighted by Gasteiger charge is 2.54. The number of carbonyl (C=O) groups excluding carboxylic acids is 1. The number of phenolic OH excluding ortho intramolecular Hbond substituents is 1. The van der Waals surface area contributed by atoms with E-state index in [9.17, 15) is 19.8 Å². The van der Waals surface area contributed by atoms with E-state index in [2.05, 4.69) is 17.9 Å². The standard InChI is InChI=1S/C23H30N2O4/c1-23-7-6-15-16(18(23)4-5-21(23)27)3-2-14-12-20(26)19(13-17(14)15)24-8-10-25(11-9-24)22(28)29/h12-13,15-16,18,26H,2-11H2,1H3,(H,28,29)/t15-,16+,18-,23-/m0/s1. The summed E-state index contributed by atoms with van der Waals surface area (Å²) in [7, 11) is 0. The second-order valence-corrected chi connectivity index (χ2v) is 9.63. The van der Waals surface area contributed by atoms with Gasteiger partial charge in [0.1, 0.15) is 11.5 Å². The molecule has 5 rings (SSSR count). The number of fused-ring (bicyclic) bond motifs is 5. The van der Waals surface area contributed by atoms with Gasteiger partial charge in [-0.2, -0.15) is 0 Å². The second-order valence-electron chi connectivity index (χ2n) is 9.63. The summed E-state index contributed by atoms with van der Waals surface area (Å²) in [5.41, 5.74) is 3.33. The van der Waals surface area contributed by atoms with Crippen molar-refractivity contribution in [3.63, 3.8) is 0 Å². The first kappa shape index (κ1) is 18.8. The van der Waals surface area contributed by atoms with Crippen LogP contribution in [0.25, 0.3) is 0 Å². The van der Waals surface area contributed by atoms with Crippen molar-refractivity contribution in [3.05, 3.63) is 23.3 Å². The molecule has 3 aliphatic carbocycles. The summed E-state index contributed by atoms with van der Waals surface area (Å²) in [5.74, 6) is 2.31. The Hall–Kier alpha value is -2.24. The van der Waals surface area contributed by atoms with Crippen molar-refractivity contribution in [2.45, 2.75) is 51.4 Å². The van der Waals surface area contributed by atoms with Gasteiger partial charge in [0.05, 0.1) is 5.69 Å². The first-order chi connectivity index (χ1) is 13.9. The van der Waals surface area contributed by atoms with E-state index >= 15 is 0 Å². The third-order valence-electron chi connectivity index (χ3n) is 8.42. The van der Waals surface area contributed by atoms with Gasteiger partial charge >= 0.3 is 6.09 Å². The van der Waals surface area contributed by atoms with Crippen LogP contribution in [-0.4, -0.2) is 53.2 Å². The van der Waals surface area contributed by atoms with Crippen LogP contribution in [0.4, 0.5) is 10.5 Å². The van der Waals surface area contributed by atoms with Crippen LogP contribution in [0.3, 0.4) is 0 Å². The number of hydrogen-bond acceptors (Lipinski definition) is 4. The van der Waals surface area contributed by atoms with Crippen LogP contribution in [0.1, 0.15) is 56.1 Å². The van der Waals surface area contributed by atoms with Crippen LogP contribution in [0.2, 0.25) is 0 Å². The number of ketones is 1. The summed E-state index contributed by atoms with van der Waals surface area (Å²) in [6.45, 7) is 4.31. The van der Waals surface area contributed by atoms with E-state index in [1.165, 1.54) is 16.0 Å². The number of benzene rings is 1. The number of carbonyl (C=O) groups is 2. The zero-order chi connectivity index (χ0) is 20.3. The monoisotopic (exact) mass is 398 g/mol. The quantitative estimate of drug-likeness (QED) is 0.755. The lowest BCUT2D eigenvalue weighted by atomic mass is 9.55. The minimum Gasteiger partial charge on any atom is -0.506 e. The Morgan fingerprint density at radius 3 is 2.59 bits per heavy atom. The van der Waals surface area contributed by atoms with E-state index in [1.54, 1.807) is 0 Å². The molecule has 4 atom stereocenters. The third kappa shape index (κ3) is 2.82. The topological polar surface area (TPSA) is 81.1 Å². The molecular weight excluding hydrogens is 368 g/mol. The maximum atomic E-state index is 12.5. The molecule has 0 aromatic heterocycles. The van der Waals surface area contributed by atoms with Gasteiger partial charge in [-0.25, -0.2) is 4.79 Å². The molecule has 1 saturated heterocycles. The molecule has 1 heterocycles. The van der Waals surface area contributed by atoms with Crippen LogP contribution in [0.5, 0.6) is 5.75 Å². The first-order valence-corrected chi connectivity index (χ1v) is 11.0. The number of Topliss-reactive ketones (excluding diaryl/α,β-unsaturated/α-hetero) is 1. The molecule has 1 aliphatic heterocycles. The predicted octanol–water partition coefficient (Wildman–Crippen LogP) is 3.62. The molecule has 156 valence electrons. The van der Waals surface area contributed by atoms with Gasteiger partial charge in [-0.3, -0.25) is 4.79 Å². The van der Waals surface area contributed by atoms with Gasteiger partial charge in [0, 0.05) is 38.0 Å². The molecule has 1 aromatic rings. The summed E-state index contributed by atoms with van der Waals surface area (Å²) in [6.07, 6.45) is 5.01. The van der Waals surface area contributed by atoms with Crippen molar-refractivity contribution in [3.8, 4) is 5.75 Å². The molecule has 0 bridgehead atoms. The molecule has 0 radical (unpaired) electrons. The average Bonchev–Trinajstić information content (AvgIpc) is 3.02. The fourth-order valence-electron chi connectivity index (χ4n) is 6.76. The Labute approximate surface area is 171 Å².